The third-order valence-electron chi connectivity index (χ3n) is 2.80. The highest BCUT2D eigenvalue weighted by atomic mass is 32.2. The smallest absolute Gasteiger partial charge is 0.233 e. The fraction of sp³-hybridized carbons (Fsp3) is 0.143. The van der Waals surface area contributed by atoms with Gasteiger partial charge in [0, 0.05) is 18.3 Å². The Morgan fingerprint density at radius 1 is 1.29 bits per heavy atom. The molecule has 1 aromatic heterocycles. The topological polar surface area (TPSA) is 109 Å². The SMILES string of the molecule is N#Cc1ccc(NS(=O)(=O)CCc2ccccn2)c(N)c1. The largest absolute Gasteiger partial charge is 0.397 e. The Balaban J connectivity index is 2.06. The van der Waals surface area contributed by atoms with E-state index in [9.17, 15) is 8.42 Å². The van der Waals surface area contributed by atoms with E-state index in [0.29, 0.717) is 17.7 Å². The molecule has 0 unspecified atom stereocenters. The van der Waals surface area contributed by atoms with Crippen molar-refractivity contribution >= 4 is 21.4 Å². The fourth-order valence-electron chi connectivity index (χ4n) is 1.73. The molecule has 7 heteroatoms. The summed E-state index contributed by atoms with van der Waals surface area (Å²) in [6, 6.07) is 11.7. The van der Waals surface area contributed by atoms with Crippen molar-refractivity contribution in [3.63, 3.8) is 0 Å². The van der Waals surface area contributed by atoms with Crippen LogP contribution in [0.2, 0.25) is 0 Å². The first kappa shape index (κ1) is 14.8. The molecule has 108 valence electrons. The summed E-state index contributed by atoms with van der Waals surface area (Å²) in [4.78, 5) is 4.08. The summed E-state index contributed by atoms with van der Waals surface area (Å²) >= 11 is 0. The lowest BCUT2D eigenvalue weighted by atomic mass is 10.2. The van der Waals surface area contributed by atoms with Crippen molar-refractivity contribution in [1.29, 1.82) is 5.26 Å². The van der Waals surface area contributed by atoms with E-state index < -0.39 is 10.0 Å². The summed E-state index contributed by atoms with van der Waals surface area (Å²) in [6.45, 7) is 0. The van der Waals surface area contributed by atoms with E-state index in [-0.39, 0.29) is 17.1 Å². The minimum Gasteiger partial charge on any atom is -0.397 e. The monoisotopic (exact) mass is 302 g/mol. The molecule has 0 aliphatic rings. The highest BCUT2D eigenvalue weighted by Gasteiger charge is 2.13. The number of aryl methyl sites for hydroxylation is 1. The first-order valence-electron chi connectivity index (χ1n) is 6.20. The summed E-state index contributed by atoms with van der Waals surface area (Å²) in [5.41, 5.74) is 7.30. The van der Waals surface area contributed by atoms with Crippen molar-refractivity contribution in [2.75, 3.05) is 16.2 Å². The van der Waals surface area contributed by atoms with Crippen LogP contribution in [0, 0.1) is 11.3 Å². The van der Waals surface area contributed by atoms with Crippen LogP contribution < -0.4 is 10.5 Å². The number of nitrogens with one attached hydrogen (secondary N) is 1. The van der Waals surface area contributed by atoms with Gasteiger partial charge in [0.2, 0.25) is 10.0 Å². The molecule has 2 aromatic rings. The molecule has 0 amide bonds. The molecule has 0 aliphatic heterocycles. The minimum absolute atomic E-state index is 0.0938. The van der Waals surface area contributed by atoms with E-state index in [1.807, 2.05) is 6.07 Å². The Morgan fingerprint density at radius 3 is 2.71 bits per heavy atom. The van der Waals surface area contributed by atoms with Crippen molar-refractivity contribution < 1.29 is 8.42 Å². The third kappa shape index (κ3) is 4.19. The zero-order valence-electron chi connectivity index (χ0n) is 11.2. The molecule has 0 fully saturated rings. The van der Waals surface area contributed by atoms with Crippen LogP contribution in [0.5, 0.6) is 0 Å². The molecule has 6 nitrogen and oxygen atoms in total. The number of anilines is 2. The summed E-state index contributed by atoms with van der Waals surface area (Å²) in [7, 11) is -3.53. The Morgan fingerprint density at radius 2 is 2.10 bits per heavy atom. The van der Waals surface area contributed by atoms with E-state index in [4.69, 9.17) is 11.0 Å². The van der Waals surface area contributed by atoms with Crippen molar-refractivity contribution in [2.45, 2.75) is 6.42 Å². The number of rotatable bonds is 5. The first-order valence-corrected chi connectivity index (χ1v) is 7.85. The molecule has 0 radical (unpaired) electrons. The predicted octanol–water partition coefficient (Wildman–Crippen LogP) is 1.52. The maximum absolute atomic E-state index is 12.0. The molecular weight excluding hydrogens is 288 g/mol. The molecule has 1 aromatic carbocycles. The van der Waals surface area contributed by atoms with Gasteiger partial charge in [-0.25, -0.2) is 8.42 Å². The lowest BCUT2D eigenvalue weighted by Gasteiger charge is -2.10. The molecule has 0 saturated carbocycles. The molecule has 1 heterocycles. The number of benzene rings is 1. The average Bonchev–Trinajstić information content (AvgIpc) is 2.48. The lowest BCUT2D eigenvalue weighted by molar-refractivity contribution is 0.600. The standard InChI is InChI=1S/C14H14N4O2S/c15-10-11-4-5-14(13(16)9-11)18-21(19,20)8-6-12-3-1-2-7-17-12/h1-5,7,9,18H,6,8,16H2. The van der Waals surface area contributed by atoms with E-state index in [1.165, 1.54) is 18.2 Å². The molecule has 0 aliphatic carbocycles. The second kappa shape index (κ2) is 6.24. The quantitative estimate of drug-likeness (QED) is 0.814. The molecule has 3 N–H and O–H groups in total. The normalized spacial score (nSPS) is 10.8. The number of nitrogens with two attached hydrogens (primary N) is 1. The molecule has 0 bridgehead atoms. The van der Waals surface area contributed by atoms with E-state index in [1.54, 1.807) is 24.4 Å². The zero-order valence-corrected chi connectivity index (χ0v) is 12.0. The van der Waals surface area contributed by atoms with Gasteiger partial charge in [-0.3, -0.25) is 9.71 Å². The van der Waals surface area contributed by atoms with Gasteiger partial charge >= 0.3 is 0 Å². The maximum atomic E-state index is 12.0. The number of hydrogen-bond acceptors (Lipinski definition) is 5. The Bertz CT molecular complexity index is 767. The van der Waals surface area contributed by atoms with Crippen LogP contribution in [0.4, 0.5) is 11.4 Å². The number of nitriles is 1. The van der Waals surface area contributed by atoms with Crippen LogP contribution in [0.3, 0.4) is 0 Å². The van der Waals surface area contributed by atoms with Gasteiger partial charge in [-0.05, 0) is 30.3 Å². The van der Waals surface area contributed by atoms with Crippen molar-refractivity contribution in [1.82, 2.24) is 4.98 Å². The van der Waals surface area contributed by atoms with Crippen LogP contribution in [0.15, 0.2) is 42.6 Å². The van der Waals surface area contributed by atoms with Gasteiger partial charge in [-0.2, -0.15) is 5.26 Å². The number of nitrogens with zero attached hydrogens (tertiary/aromatic N) is 2. The van der Waals surface area contributed by atoms with Gasteiger partial charge in [-0.1, -0.05) is 6.07 Å². The predicted molar refractivity (Wildman–Crippen MR) is 80.9 cm³/mol. The third-order valence-corrected chi connectivity index (χ3v) is 4.07. The highest BCUT2D eigenvalue weighted by Crippen LogP contribution is 2.21. The number of nitrogen functional groups attached to an aromatic ring is 1. The summed E-state index contributed by atoms with van der Waals surface area (Å²) in [6.07, 6.45) is 1.93. The number of hydrogen-bond donors (Lipinski definition) is 2. The lowest BCUT2D eigenvalue weighted by Crippen LogP contribution is -2.19. The molecular formula is C14H14N4O2S. The summed E-state index contributed by atoms with van der Waals surface area (Å²) < 4.78 is 26.5. The van der Waals surface area contributed by atoms with E-state index in [2.05, 4.69) is 9.71 Å². The van der Waals surface area contributed by atoms with E-state index in [0.717, 1.165) is 0 Å². The maximum Gasteiger partial charge on any atom is 0.233 e. The molecule has 21 heavy (non-hydrogen) atoms. The number of sulfonamides is 1. The fourth-order valence-corrected chi connectivity index (χ4v) is 2.83. The van der Waals surface area contributed by atoms with Crippen molar-refractivity contribution in [2.24, 2.45) is 0 Å². The first-order chi connectivity index (χ1) is 10.00. The second-order valence-corrected chi connectivity index (χ2v) is 6.25. The minimum atomic E-state index is -3.53. The van der Waals surface area contributed by atoms with Gasteiger partial charge in [0.05, 0.1) is 28.8 Å². The van der Waals surface area contributed by atoms with Crippen molar-refractivity contribution in [3.05, 3.63) is 53.9 Å². The zero-order chi connectivity index (χ0) is 15.3. The van der Waals surface area contributed by atoms with Gasteiger partial charge in [0.25, 0.3) is 0 Å². The molecule has 0 saturated heterocycles. The summed E-state index contributed by atoms with van der Waals surface area (Å²) in [5, 5.41) is 8.74. The average molecular weight is 302 g/mol. The molecule has 0 spiro atoms. The Labute approximate surface area is 123 Å². The van der Waals surface area contributed by atoms with E-state index >= 15 is 0 Å². The van der Waals surface area contributed by atoms with Gasteiger partial charge in [0.15, 0.2) is 0 Å². The Hall–Kier alpha value is -2.59. The number of aromatic nitrogens is 1. The van der Waals surface area contributed by atoms with Crippen LogP contribution in [-0.2, 0) is 16.4 Å². The number of pyridine rings is 1. The summed E-state index contributed by atoms with van der Waals surface area (Å²) in [5.74, 6) is -0.0938. The van der Waals surface area contributed by atoms with Crippen LogP contribution in [0.1, 0.15) is 11.3 Å². The van der Waals surface area contributed by atoms with Gasteiger partial charge in [0.1, 0.15) is 0 Å². The van der Waals surface area contributed by atoms with Crippen LogP contribution in [0.25, 0.3) is 0 Å². The van der Waals surface area contributed by atoms with Gasteiger partial charge in [-0.15, -0.1) is 0 Å². The van der Waals surface area contributed by atoms with Crippen LogP contribution >= 0.6 is 0 Å². The van der Waals surface area contributed by atoms with Crippen LogP contribution in [-0.4, -0.2) is 19.2 Å². The Kier molecular flexibility index (Phi) is 4.40. The second-order valence-electron chi connectivity index (χ2n) is 4.41. The van der Waals surface area contributed by atoms with Gasteiger partial charge < -0.3 is 5.73 Å². The molecule has 2 rings (SSSR count). The molecule has 0 atom stereocenters. The highest BCUT2D eigenvalue weighted by molar-refractivity contribution is 7.92. The van der Waals surface area contributed by atoms with Crippen molar-refractivity contribution in [3.8, 4) is 6.07 Å².